The summed E-state index contributed by atoms with van der Waals surface area (Å²) in [5.74, 6) is 0.163. The van der Waals surface area contributed by atoms with E-state index in [0.717, 1.165) is 6.07 Å². The lowest BCUT2D eigenvalue weighted by molar-refractivity contribution is -0.00913. The van der Waals surface area contributed by atoms with Gasteiger partial charge in [-0.1, -0.05) is 11.6 Å². The number of hydrogen-bond acceptors (Lipinski definition) is 5. The van der Waals surface area contributed by atoms with E-state index in [1.54, 1.807) is 20.8 Å². The van der Waals surface area contributed by atoms with Crippen LogP contribution in [0.2, 0.25) is 5.02 Å². The van der Waals surface area contributed by atoms with E-state index in [4.69, 9.17) is 26.2 Å². The van der Waals surface area contributed by atoms with Crippen LogP contribution in [0.1, 0.15) is 33.6 Å². The van der Waals surface area contributed by atoms with Crippen molar-refractivity contribution in [2.45, 2.75) is 49.8 Å². The van der Waals surface area contributed by atoms with Crippen molar-refractivity contribution >= 4 is 27.7 Å². The predicted octanol–water partition coefficient (Wildman–Crippen LogP) is 3.11. The molecule has 10 heteroatoms. The number of carbonyl (C=O) groups excluding carboxylic acids is 1. The third-order valence-corrected chi connectivity index (χ3v) is 5.24. The maximum atomic E-state index is 15.0. The summed E-state index contributed by atoms with van der Waals surface area (Å²) in [6, 6.07) is 3.73. The molecule has 0 radical (unpaired) electrons. The zero-order valence-corrected chi connectivity index (χ0v) is 17.1. The fraction of sp³-hybridized carbons (Fsp3) is 0.588. The highest BCUT2D eigenvalue weighted by Crippen LogP contribution is 2.32. The first kappa shape index (κ1) is 21.7. The van der Waals surface area contributed by atoms with E-state index in [1.807, 2.05) is 0 Å². The Labute approximate surface area is 163 Å². The minimum atomic E-state index is -3.88. The Kier molecular flexibility index (Phi) is 6.28. The van der Waals surface area contributed by atoms with E-state index in [0.29, 0.717) is 0 Å². The number of nitrogens with zero attached hydrogens (tertiary/aromatic N) is 1. The van der Waals surface area contributed by atoms with Crippen LogP contribution in [0, 0.1) is 0 Å². The molecule has 1 aliphatic heterocycles. The number of amides is 1. The van der Waals surface area contributed by atoms with E-state index in [2.05, 4.69) is 0 Å². The molecule has 0 unspecified atom stereocenters. The predicted molar refractivity (Wildman–Crippen MR) is 99.2 cm³/mol. The minimum absolute atomic E-state index is 0.0244. The SMILES string of the molecule is CC(C)(C)OC(=O)N1CCC(F)(COc2ccc(S(N)(=O)=O)cc2Cl)CC1. The third kappa shape index (κ3) is 6.22. The van der Waals surface area contributed by atoms with Gasteiger partial charge < -0.3 is 14.4 Å². The Hall–Kier alpha value is -1.58. The van der Waals surface area contributed by atoms with Crippen LogP contribution in [-0.2, 0) is 14.8 Å². The average Bonchev–Trinajstić information content (AvgIpc) is 2.51. The molecule has 7 nitrogen and oxygen atoms in total. The first-order valence-corrected chi connectivity index (χ1v) is 10.3. The lowest BCUT2D eigenvalue weighted by Crippen LogP contribution is -2.48. The van der Waals surface area contributed by atoms with Gasteiger partial charge in [-0.25, -0.2) is 22.7 Å². The monoisotopic (exact) mass is 422 g/mol. The molecule has 27 heavy (non-hydrogen) atoms. The molecule has 1 amide bonds. The molecule has 1 aromatic carbocycles. The van der Waals surface area contributed by atoms with Crippen LogP contribution in [0.5, 0.6) is 5.75 Å². The summed E-state index contributed by atoms with van der Waals surface area (Å²) in [7, 11) is -3.88. The number of alkyl halides is 1. The zero-order valence-electron chi connectivity index (χ0n) is 15.5. The van der Waals surface area contributed by atoms with Gasteiger partial charge >= 0.3 is 6.09 Å². The van der Waals surface area contributed by atoms with E-state index in [1.165, 1.54) is 17.0 Å². The summed E-state index contributed by atoms with van der Waals surface area (Å²) >= 11 is 5.99. The van der Waals surface area contributed by atoms with Crippen LogP contribution in [0.4, 0.5) is 9.18 Å². The molecular formula is C17H24ClFN2O5S. The molecule has 0 atom stereocenters. The summed E-state index contributed by atoms with van der Waals surface area (Å²) in [6.07, 6.45) is -0.273. The molecule has 152 valence electrons. The third-order valence-electron chi connectivity index (χ3n) is 4.03. The standard InChI is InChI=1S/C17H24ClFN2O5S/c1-16(2,3)26-15(22)21-8-6-17(19,7-9-21)11-25-14-5-4-12(10-13(14)18)27(20,23)24/h4-5,10H,6-9,11H2,1-3H3,(H2,20,23,24). The van der Waals surface area contributed by atoms with Crippen molar-refractivity contribution in [2.75, 3.05) is 19.7 Å². The van der Waals surface area contributed by atoms with Crippen LogP contribution in [-0.4, -0.2) is 50.4 Å². The number of halogens is 2. The number of carbonyl (C=O) groups is 1. The molecule has 2 N–H and O–H groups in total. The topological polar surface area (TPSA) is 98.9 Å². The molecule has 1 aliphatic rings. The summed E-state index contributed by atoms with van der Waals surface area (Å²) < 4.78 is 48.3. The summed E-state index contributed by atoms with van der Waals surface area (Å²) in [4.78, 5) is 13.4. The second kappa shape index (κ2) is 7.81. The van der Waals surface area contributed by atoms with Crippen LogP contribution >= 0.6 is 11.6 Å². The van der Waals surface area contributed by atoms with Gasteiger partial charge in [0.15, 0.2) is 0 Å². The van der Waals surface area contributed by atoms with Gasteiger partial charge in [0.1, 0.15) is 23.6 Å². The number of nitrogens with two attached hydrogens (primary N) is 1. The molecule has 1 fully saturated rings. The van der Waals surface area contributed by atoms with Crippen molar-refractivity contribution in [2.24, 2.45) is 5.14 Å². The first-order chi connectivity index (χ1) is 12.3. The molecule has 0 bridgehead atoms. The molecule has 2 rings (SSSR count). The number of piperidine rings is 1. The van der Waals surface area contributed by atoms with Crippen molar-refractivity contribution < 1.29 is 27.1 Å². The van der Waals surface area contributed by atoms with Gasteiger partial charge in [0, 0.05) is 25.9 Å². The van der Waals surface area contributed by atoms with Gasteiger partial charge in [-0.15, -0.1) is 0 Å². The van der Waals surface area contributed by atoms with Crippen LogP contribution in [0.3, 0.4) is 0 Å². The van der Waals surface area contributed by atoms with Gasteiger partial charge in [-0.05, 0) is 39.0 Å². The fourth-order valence-corrected chi connectivity index (χ4v) is 3.38. The number of primary sulfonamides is 1. The fourth-order valence-electron chi connectivity index (χ4n) is 2.54. The van der Waals surface area contributed by atoms with Gasteiger partial charge in [0.05, 0.1) is 9.92 Å². The van der Waals surface area contributed by atoms with E-state index in [-0.39, 0.29) is 48.2 Å². The van der Waals surface area contributed by atoms with Crippen LogP contribution < -0.4 is 9.88 Å². The van der Waals surface area contributed by atoms with Crippen LogP contribution in [0.15, 0.2) is 23.1 Å². The van der Waals surface area contributed by atoms with Crippen LogP contribution in [0.25, 0.3) is 0 Å². The van der Waals surface area contributed by atoms with E-state index >= 15 is 0 Å². The van der Waals surface area contributed by atoms with Crippen molar-refractivity contribution in [1.82, 2.24) is 4.90 Å². The summed E-state index contributed by atoms with van der Waals surface area (Å²) in [5.41, 5.74) is -2.23. The maximum Gasteiger partial charge on any atom is 0.410 e. The highest BCUT2D eigenvalue weighted by Gasteiger charge is 2.38. The lowest BCUT2D eigenvalue weighted by atomic mass is 9.94. The normalized spacial score (nSPS) is 17.5. The number of ether oxygens (including phenoxy) is 2. The maximum absolute atomic E-state index is 15.0. The number of hydrogen-bond donors (Lipinski definition) is 1. The van der Waals surface area contributed by atoms with Crippen molar-refractivity contribution in [3.63, 3.8) is 0 Å². The number of likely N-dealkylation sites (tertiary alicyclic amines) is 1. The molecule has 1 heterocycles. The summed E-state index contributed by atoms with van der Waals surface area (Å²) in [6.45, 7) is 5.48. The Morgan fingerprint density at radius 2 is 1.93 bits per heavy atom. The van der Waals surface area contributed by atoms with Crippen molar-refractivity contribution in [3.05, 3.63) is 23.2 Å². The second-order valence-corrected chi connectivity index (χ2v) is 9.51. The average molecular weight is 423 g/mol. The quantitative estimate of drug-likeness (QED) is 0.803. The minimum Gasteiger partial charge on any atom is -0.489 e. The molecular weight excluding hydrogens is 399 g/mol. The number of benzene rings is 1. The van der Waals surface area contributed by atoms with Gasteiger partial charge in [-0.3, -0.25) is 0 Å². The Balaban J connectivity index is 1.93. The summed E-state index contributed by atoms with van der Waals surface area (Å²) in [5, 5.41) is 5.06. The van der Waals surface area contributed by atoms with Gasteiger partial charge in [0.2, 0.25) is 10.0 Å². The van der Waals surface area contributed by atoms with Gasteiger partial charge in [-0.2, -0.15) is 0 Å². The smallest absolute Gasteiger partial charge is 0.410 e. The lowest BCUT2D eigenvalue weighted by Gasteiger charge is -2.36. The molecule has 0 aliphatic carbocycles. The number of rotatable bonds is 4. The van der Waals surface area contributed by atoms with Gasteiger partial charge in [0.25, 0.3) is 0 Å². The Morgan fingerprint density at radius 3 is 2.41 bits per heavy atom. The largest absolute Gasteiger partial charge is 0.489 e. The molecule has 0 aromatic heterocycles. The molecule has 0 saturated carbocycles. The van der Waals surface area contributed by atoms with E-state index in [9.17, 15) is 17.6 Å². The first-order valence-electron chi connectivity index (χ1n) is 8.41. The molecule has 0 spiro atoms. The molecule has 1 saturated heterocycles. The Morgan fingerprint density at radius 1 is 1.33 bits per heavy atom. The number of sulfonamides is 1. The second-order valence-electron chi connectivity index (χ2n) is 7.54. The van der Waals surface area contributed by atoms with E-state index < -0.39 is 27.4 Å². The zero-order chi connectivity index (χ0) is 20.5. The van der Waals surface area contributed by atoms with Crippen molar-refractivity contribution in [1.29, 1.82) is 0 Å². The molecule has 1 aromatic rings. The Bertz CT molecular complexity index is 802. The van der Waals surface area contributed by atoms with Crippen molar-refractivity contribution in [3.8, 4) is 5.75 Å². The highest BCUT2D eigenvalue weighted by atomic mass is 35.5. The highest BCUT2D eigenvalue weighted by molar-refractivity contribution is 7.89.